The second kappa shape index (κ2) is 12.1. The molecule has 12 heteroatoms. The third kappa shape index (κ3) is 6.68. The zero-order chi connectivity index (χ0) is 27.1. The Morgan fingerprint density at radius 3 is 2.47 bits per heavy atom. The first kappa shape index (κ1) is 27.1. The Balaban J connectivity index is 1.37. The van der Waals surface area contributed by atoms with Gasteiger partial charge >= 0.3 is 18.2 Å². The van der Waals surface area contributed by atoms with E-state index in [-0.39, 0.29) is 24.7 Å². The molecule has 0 radical (unpaired) electrons. The van der Waals surface area contributed by atoms with Gasteiger partial charge in [0, 0.05) is 56.4 Å². The summed E-state index contributed by atoms with van der Waals surface area (Å²) in [5.41, 5.74) is 0.525. The van der Waals surface area contributed by atoms with Crippen LogP contribution in [-0.2, 0) is 15.7 Å². The highest BCUT2D eigenvalue weighted by atomic mass is 19.4. The number of piperazine rings is 1. The van der Waals surface area contributed by atoms with Crippen molar-refractivity contribution in [2.75, 3.05) is 57.7 Å². The molecule has 0 saturated carbocycles. The minimum absolute atomic E-state index is 0.167. The smallest absolute Gasteiger partial charge is 0.433 e. The lowest BCUT2D eigenvalue weighted by Gasteiger charge is -2.34. The lowest BCUT2D eigenvalue weighted by atomic mass is 10.0. The number of halogens is 3. The van der Waals surface area contributed by atoms with Crippen molar-refractivity contribution in [3.8, 4) is 11.1 Å². The molecule has 38 heavy (non-hydrogen) atoms. The molecule has 1 aromatic carbocycles. The first-order chi connectivity index (χ1) is 18.3. The Hall–Kier alpha value is -3.93. The Kier molecular flexibility index (Phi) is 8.62. The molecule has 1 saturated heterocycles. The third-order valence-electron chi connectivity index (χ3n) is 6.17. The van der Waals surface area contributed by atoms with Crippen LogP contribution in [0.1, 0.15) is 12.6 Å². The van der Waals surface area contributed by atoms with E-state index in [4.69, 9.17) is 4.74 Å². The van der Waals surface area contributed by atoms with Crippen LogP contribution in [0, 0.1) is 0 Å². The number of ether oxygens (including phenoxy) is 1. The number of aromatic nitrogens is 2. The lowest BCUT2D eigenvalue weighted by molar-refractivity contribution is -0.142. The normalized spacial score (nSPS) is 14.4. The van der Waals surface area contributed by atoms with Gasteiger partial charge < -0.3 is 20.3 Å². The van der Waals surface area contributed by atoms with E-state index >= 15 is 0 Å². The van der Waals surface area contributed by atoms with Crippen molar-refractivity contribution in [3.63, 3.8) is 0 Å². The molecule has 3 heterocycles. The van der Waals surface area contributed by atoms with Crippen LogP contribution in [0.25, 0.3) is 22.0 Å². The molecule has 0 atom stereocenters. The van der Waals surface area contributed by atoms with Gasteiger partial charge in [0.1, 0.15) is 18.1 Å². The van der Waals surface area contributed by atoms with Crippen molar-refractivity contribution in [1.29, 1.82) is 0 Å². The number of pyridine rings is 2. The number of nitrogens with zero attached hydrogens (tertiary/aromatic N) is 4. The first-order valence-electron chi connectivity index (χ1n) is 12.3. The minimum Gasteiger partial charge on any atom is -0.465 e. The monoisotopic (exact) mass is 530 g/mol. The van der Waals surface area contributed by atoms with Crippen LogP contribution in [0.4, 0.5) is 23.8 Å². The number of carbonyl (C=O) groups is 2. The van der Waals surface area contributed by atoms with Crippen LogP contribution < -0.4 is 10.6 Å². The fourth-order valence-electron chi connectivity index (χ4n) is 4.22. The van der Waals surface area contributed by atoms with E-state index in [0.717, 1.165) is 11.6 Å². The molecule has 3 aromatic rings. The summed E-state index contributed by atoms with van der Waals surface area (Å²) in [5.74, 6) is -0.0220. The van der Waals surface area contributed by atoms with Crippen molar-refractivity contribution in [1.82, 2.24) is 25.1 Å². The van der Waals surface area contributed by atoms with E-state index in [1.807, 2.05) is 30.3 Å². The maximum Gasteiger partial charge on any atom is 0.433 e. The molecule has 0 spiro atoms. The summed E-state index contributed by atoms with van der Waals surface area (Å²) in [6.45, 7) is 5.25. The number of fused-ring (bicyclic) bond motifs is 1. The molecule has 1 aliphatic heterocycles. The number of esters is 1. The summed E-state index contributed by atoms with van der Waals surface area (Å²) < 4.78 is 45.0. The summed E-state index contributed by atoms with van der Waals surface area (Å²) in [6, 6.07) is 11.1. The largest absolute Gasteiger partial charge is 0.465 e. The Morgan fingerprint density at radius 2 is 1.79 bits per heavy atom. The predicted molar refractivity (Wildman–Crippen MR) is 137 cm³/mol. The maximum absolute atomic E-state index is 13.4. The molecular weight excluding hydrogens is 501 g/mol. The van der Waals surface area contributed by atoms with E-state index < -0.39 is 17.8 Å². The third-order valence-corrected chi connectivity index (χ3v) is 6.17. The number of amides is 2. The summed E-state index contributed by atoms with van der Waals surface area (Å²) in [6.07, 6.45) is -3.02. The minimum atomic E-state index is -4.56. The number of rotatable bonds is 8. The van der Waals surface area contributed by atoms with E-state index in [9.17, 15) is 22.8 Å². The van der Waals surface area contributed by atoms with Gasteiger partial charge in [-0.05, 0) is 24.6 Å². The van der Waals surface area contributed by atoms with Gasteiger partial charge in [0.2, 0.25) is 0 Å². The molecule has 202 valence electrons. The van der Waals surface area contributed by atoms with Gasteiger partial charge in [-0.1, -0.05) is 30.3 Å². The Labute approximate surface area is 218 Å². The van der Waals surface area contributed by atoms with Gasteiger partial charge in [-0.15, -0.1) is 0 Å². The zero-order valence-electron chi connectivity index (χ0n) is 20.9. The number of carbonyl (C=O) groups excluding carboxylic acids is 2. The molecule has 0 unspecified atom stereocenters. The van der Waals surface area contributed by atoms with E-state index in [1.54, 1.807) is 18.0 Å². The van der Waals surface area contributed by atoms with Crippen molar-refractivity contribution in [2.24, 2.45) is 0 Å². The maximum atomic E-state index is 13.4. The number of benzene rings is 1. The average molecular weight is 531 g/mol. The number of anilines is 1. The van der Waals surface area contributed by atoms with E-state index in [0.29, 0.717) is 56.0 Å². The fourth-order valence-corrected chi connectivity index (χ4v) is 4.22. The molecule has 4 rings (SSSR count). The van der Waals surface area contributed by atoms with Gasteiger partial charge in [0.05, 0.1) is 12.1 Å². The highest BCUT2D eigenvalue weighted by molar-refractivity contribution is 5.99. The van der Waals surface area contributed by atoms with Crippen molar-refractivity contribution >= 4 is 28.7 Å². The molecule has 2 amide bonds. The molecule has 2 N–H and O–H groups in total. The first-order valence-corrected chi connectivity index (χ1v) is 12.3. The van der Waals surface area contributed by atoms with Crippen LogP contribution in [0.5, 0.6) is 0 Å². The quantitative estimate of drug-likeness (QED) is 0.429. The molecular formula is C26H29F3N6O3. The number of alkyl halides is 3. The van der Waals surface area contributed by atoms with Crippen LogP contribution in [0.3, 0.4) is 0 Å². The topological polar surface area (TPSA) is 99.7 Å². The van der Waals surface area contributed by atoms with E-state index in [2.05, 4.69) is 25.5 Å². The lowest BCUT2D eigenvalue weighted by Crippen LogP contribution is -2.53. The van der Waals surface area contributed by atoms with Gasteiger partial charge in [-0.3, -0.25) is 9.69 Å². The predicted octanol–water partition coefficient (Wildman–Crippen LogP) is 3.62. The molecule has 0 bridgehead atoms. The molecule has 0 aliphatic carbocycles. The molecule has 9 nitrogen and oxygen atoms in total. The molecule has 1 aliphatic rings. The van der Waals surface area contributed by atoms with Crippen LogP contribution >= 0.6 is 0 Å². The zero-order valence-corrected chi connectivity index (χ0v) is 20.9. The summed E-state index contributed by atoms with van der Waals surface area (Å²) in [7, 11) is 0. The summed E-state index contributed by atoms with van der Waals surface area (Å²) in [5, 5.41) is 6.29. The summed E-state index contributed by atoms with van der Waals surface area (Å²) in [4.78, 5) is 35.9. The van der Waals surface area contributed by atoms with Crippen LogP contribution in [0.15, 0.2) is 48.7 Å². The van der Waals surface area contributed by atoms with Gasteiger partial charge in [0.25, 0.3) is 0 Å². The average Bonchev–Trinajstić information content (AvgIpc) is 2.92. The highest BCUT2D eigenvalue weighted by Crippen LogP contribution is 2.34. The fraction of sp³-hybridized carbons (Fsp3) is 0.385. The number of hydrogen-bond donors (Lipinski definition) is 2. The van der Waals surface area contributed by atoms with Gasteiger partial charge in [0.15, 0.2) is 0 Å². The van der Waals surface area contributed by atoms with Crippen molar-refractivity contribution in [2.45, 2.75) is 13.1 Å². The SMILES string of the molecule is CCOC(=O)CNC(=O)N1CCN(CCNc2ncc(-c3ccccc3)c3nc(C(F)(F)F)ccc23)CC1. The van der Waals surface area contributed by atoms with Crippen LogP contribution in [-0.4, -0.2) is 84.2 Å². The number of hydrogen-bond acceptors (Lipinski definition) is 7. The standard InChI is InChI=1S/C26H29F3N6O3/c1-2-38-22(36)17-32-25(37)35-14-12-34(13-15-35)11-10-30-24-19-8-9-21(26(27,28)29)33-23(19)20(16-31-24)18-6-4-3-5-7-18/h3-9,16H,2,10-15,17H2,1H3,(H,30,31)(H,32,37). The Bertz CT molecular complexity index is 1260. The van der Waals surface area contributed by atoms with Crippen LogP contribution in [0.2, 0.25) is 0 Å². The molecule has 2 aromatic heterocycles. The summed E-state index contributed by atoms with van der Waals surface area (Å²) >= 11 is 0. The highest BCUT2D eigenvalue weighted by Gasteiger charge is 2.33. The van der Waals surface area contributed by atoms with Crippen molar-refractivity contribution < 1.29 is 27.5 Å². The second-order valence-corrected chi connectivity index (χ2v) is 8.70. The van der Waals surface area contributed by atoms with Crippen molar-refractivity contribution in [3.05, 3.63) is 54.4 Å². The second-order valence-electron chi connectivity index (χ2n) is 8.70. The Morgan fingerprint density at radius 1 is 1.05 bits per heavy atom. The van der Waals surface area contributed by atoms with E-state index in [1.165, 1.54) is 6.07 Å². The van der Waals surface area contributed by atoms with Gasteiger partial charge in [-0.2, -0.15) is 13.2 Å². The molecule has 1 fully saturated rings. The number of nitrogens with one attached hydrogen (secondary N) is 2. The number of urea groups is 1. The van der Waals surface area contributed by atoms with Gasteiger partial charge in [-0.25, -0.2) is 14.8 Å².